The minimum Gasteiger partial charge on any atom is -0.354 e. The molecular weight excluding hydrogens is 258 g/mol. The van der Waals surface area contributed by atoms with Crippen LogP contribution in [0.1, 0.15) is 23.6 Å². The van der Waals surface area contributed by atoms with Crippen LogP contribution >= 0.6 is 0 Å². The summed E-state index contributed by atoms with van der Waals surface area (Å²) in [5, 5.41) is 0. The van der Waals surface area contributed by atoms with Crippen LogP contribution in [0, 0.1) is 13.8 Å². The van der Waals surface area contributed by atoms with Crippen LogP contribution in [0.3, 0.4) is 0 Å². The number of aryl methyl sites for hydroxylation is 2. The summed E-state index contributed by atoms with van der Waals surface area (Å²) < 4.78 is 0. The van der Waals surface area contributed by atoms with E-state index in [1.807, 2.05) is 0 Å². The molecule has 0 aromatic heterocycles. The normalized spacial score (nSPS) is 20.2. The van der Waals surface area contributed by atoms with Crippen molar-refractivity contribution in [2.45, 2.75) is 20.8 Å². The average molecular weight is 283 g/mol. The summed E-state index contributed by atoms with van der Waals surface area (Å²) in [4.78, 5) is 9.68. The van der Waals surface area contributed by atoms with Crippen LogP contribution in [-0.2, 0) is 0 Å². The molecule has 0 atom stereocenters. The summed E-state index contributed by atoms with van der Waals surface area (Å²) in [6.45, 7) is 11.9. The van der Waals surface area contributed by atoms with Crippen molar-refractivity contribution in [1.82, 2.24) is 9.80 Å². The molecule has 2 heterocycles. The molecular formula is C18H25N3. The van der Waals surface area contributed by atoms with Crippen molar-refractivity contribution in [3.63, 3.8) is 0 Å². The molecule has 0 N–H and O–H groups in total. The van der Waals surface area contributed by atoms with E-state index in [9.17, 15) is 0 Å². The van der Waals surface area contributed by atoms with Crippen molar-refractivity contribution in [1.29, 1.82) is 0 Å². The van der Waals surface area contributed by atoms with E-state index in [1.54, 1.807) is 0 Å². The van der Waals surface area contributed by atoms with Crippen molar-refractivity contribution in [3.8, 4) is 0 Å². The molecule has 112 valence electrons. The molecule has 1 aromatic carbocycles. The monoisotopic (exact) mass is 283 g/mol. The first-order valence-electron chi connectivity index (χ1n) is 7.82. The molecule has 21 heavy (non-hydrogen) atoms. The number of rotatable bonds is 1. The minimum absolute atomic E-state index is 0.831. The van der Waals surface area contributed by atoms with Gasteiger partial charge in [-0.15, -0.1) is 0 Å². The Morgan fingerprint density at radius 2 is 1.71 bits per heavy atom. The topological polar surface area (TPSA) is 18.8 Å². The molecule has 0 saturated carbocycles. The third kappa shape index (κ3) is 2.75. The van der Waals surface area contributed by atoms with E-state index in [4.69, 9.17) is 4.99 Å². The van der Waals surface area contributed by atoms with Crippen LogP contribution in [0.5, 0.6) is 0 Å². The van der Waals surface area contributed by atoms with Crippen molar-refractivity contribution in [3.05, 3.63) is 40.5 Å². The van der Waals surface area contributed by atoms with Crippen molar-refractivity contribution in [2.24, 2.45) is 4.99 Å². The average Bonchev–Trinajstić information content (AvgIpc) is 2.84. The molecule has 2 aliphatic heterocycles. The summed E-state index contributed by atoms with van der Waals surface area (Å²) in [6, 6.07) is 6.71. The largest absolute Gasteiger partial charge is 0.354 e. The third-order valence-corrected chi connectivity index (χ3v) is 4.70. The molecule has 0 aliphatic carbocycles. The molecule has 1 aromatic rings. The van der Waals surface area contributed by atoms with Gasteiger partial charge in [0.05, 0.1) is 6.54 Å². The molecule has 1 fully saturated rings. The second-order valence-electron chi connectivity index (χ2n) is 6.35. The van der Waals surface area contributed by atoms with E-state index in [0.29, 0.717) is 0 Å². The van der Waals surface area contributed by atoms with Gasteiger partial charge in [-0.3, -0.25) is 4.99 Å². The number of aliphatic imine (C=N–C) groups is 1. The third-order valence-electron chi connectivity index (χ3n) is 4.70. The van der Waals surface area contributed by atoms with Gasteiger partial charge in [-0.25, -0.2) is 0 Å². The van der Waals surface area contributed by atoms with Crippen LogP contribution < -0.4 is 0 Å². The molecule has 3 rings (SSSR count). The first-order valence-corrected chi connectivity index (χ1v) is 7.82. The van der Waals surface area contributed by atoms with Gasteiger partial charge in [-0.1, -0.05) is 23.8 Å². The highest BCUT2D eigenvalue weighted by molar-refractivity contribution is 6.08. The van der Waals surface area contributed by atoms with Gasteiger partial charge in [-0.05, 0) is 50.1 Å². The Bertz CT molecular complexity index is 605. The number of benzene rings is 1. The minimum atomic E-state index is 0.831. The lowest BCUT2D eigenvalue weighted by Gasteiger charge is -2.34. The zero-order chi connectivity index (χ0) is 15.0. The molecule has 1 saturated heterocycles. The first-order chi connectivity index (χ1) is 10.1. The van der Waals surface area contributed by atoms with Gasteiger partial charge < -0.3 is 9.80 Å². The predicted molar refractivity (Wildman–Crippen MR) is 89.9 cm³/mol. The Labute approximate surface area is 128 Å². The SMILES string of the molecule is CC1=C(c2cc(C)ccc2C)CN=C1N1CCN(C)CC1. The molecule has 0 spiro atoms. The van der Waals surface area contributed by atoms with E-state index < -0.39 is 0 Å². The molecule has 0 radical (unpaired) electrons. The molecule has 0 bridgehead atoms. The molecule has 3 nitrogen and oxygen atoms in total. The lowest BCUT2D eigenvalue weighted by Crippen LogP contribution is -2.47. The second-order valence-corrected chi connectivity index (χ2v) is 6.35. The van der Waals surface area contributed by atoms with Crippen LogP contribution in [0.15, 0.2) is 28.8 Å². The molecule has 2 aliphatic rings. The Morgan fingerprint density at radius 1 is 1.00 bits per heavy atom. The fourth-order valence-electron chi connectivity index (χ4n) is 3.23. The van der Waals surface area contributed by atoms with E-state index in [1.165, 1.54) is 33.7 Å². The summed E-state index contributed by atoms with van der Waals surface area (Å²) in [6.07, 6.45) is 0. The second kappa shape index (κ2) is 5.64. The number of nitrogens with zero attached hydrogens (tertiary/aromatic N) is 3. The zero-order valence-electron chi connectivity index (χ0n) is 13.6. The van der Waals surface area contributed by atoms with Gasteiger partial charge in [0.1, 0.15) is 5.84 Å². The van der Waals surface area contributed by atoms with E-state index in [0.717, 1.165) is 32.7 Å². The maximum atomic E-state index is 4.84. The van der Waals surface area contributed by atoms with Crippen LogP contribution in [-0.4, -0.2) is 55.4 Å². The molecule has 3 heteroatoms. The Kier molecular flexibility index (Phi) is 3.85. The summed E-state index contributed by atoms with van der Waals surface area (Å²) in [5.41, 5.74) is 6.83. The van der Waals surface area contributed by atoms with Gasteiger partial charge in [-0.2, -0.15) is 0 Å². The number of piperazine rings is 1. The zero-order valence-corrected chi connectivity index (χ0v) is 13.6. The highest BCUT2D eigenvalue weighted by atomic mass is 15.3. The van der Waals surface area contributed by atoms with Gasteiger partial charge in [0.25, 0.3) is 0 Å². The van der Waals surface area contributed by atoms with Crippen molar-refractivity contribution < 1.29 is 0 Å². The maximum Gasteiger partial charge on any atom is 0.127 e. The highest BCUT2D eigenvalue weighted by Crippen LogP contribution is 2.29. The van der Waals surface area contributed by atoms with Gasteiger partial charge in [0, 0.05) is 26.2 Å². The summed E-state index contributed by atoms with van der Waals surface area (Å²) in [7, 11) is 2.19. The van der Waals surface area contributed by atoms with Gasteiger partial charge in [0.2, 0.25) is 0 Å². The fraction of sp³-hybridized carbons (Fsp3) is 0.500. The number of hydrogen-bond donors (Lipinski definition) is 0. The van der Waals surface area contributed by atoms with Gasteiger partial charge in [0.15, 0.2) is 0 Å². The number of likely N-dealkylation sites (N-methyl/N-ethyl adjacent to an activating group) is 1. The smallest absolute Gasteiger partial charge is 0.127 e. The first kappa shape index (κ1) is 14.3. The van der Waals surface area contributed by atoms with Gasteiger partial charge >= 0.3 is 0 Å². The number of hydrogen-bond acceptors (Lipinski definition) is 3. The van der Waals surface area contributed by atoms with Crippen LogP contribution in [0.2, 0.25) is 0 Å². The Balaban J connectivity index is 1.87. The number of amidine groups is 1. The predicted octanol–water partition coefficient (Wildman–Crippen LogP) is 2.74. The molecule has 0 unspecified atom stereocenters. The van der Waals surface area contributed by atoms with E-state index >= 15 is 0 Å². The van der Waals surface area contributed by atoms with E-state index in [2.05, 4.69) is 55.8 Å². The standard InChI is InChI=1S/C18H25N3/c1-13-5-6-14(2)16(11-13)17-12-19-18(15(17)3)21-9-7-20(4)8-10-21/h5-6,11H,7-10,12H2,1-4H3. The lowest BCUT2D eigenvalue weighted by atomic mass is 9.95. The molecule has 0 amide bonds. The summed E-state index contributed by atoms with van der Waals surface area (Å²) in [5.74, 6) is 1.22. The quantitative estimate of drug-likeness (QED) is 0.789. The van der Waals surface area contributed by atoms with E-state index in [-0.39, 0.29) is 0 Å². The van der Waals surface area contributed by atoms with Crippen LogP contribution in [0.25, 0.3) is 5.57 Å². The summed E-state index contributed by atoms with van der Waals surface area (Å²) >= 11 is 0. The van der Waals surface area contributed by atoms with Crippen molar-refractivity contribution in [2.75, 3.05) is 39.8 Å². The Hall–Kier alpha value is -1.61. The fourth-order valence-corrected chi connectivity index (χ4v) is 3.23. The highest BCUT2D eigenvalue weighted by Gasteiger charge is 2.25. The van der Waals surface area contributed by atoms with Crippen molar-refractivity contribution >= 4 is 11.4 Å². The van der Waals surface area contributed by atoms with Crippen LogP contribution in [0.4, 0.5) is 0 Å². The Morgan fingerprint density at radius 3 is 2.43 bits per heavy atom. The maximum absolute atomic E-state index is 4.84. The lowest BCUT2D eigenvalue weighted by molar-refractivity contribution is 0.215.